The molecule has 9 heteroatoms. The predicted molar refractivity (Wildman–Crippen MR) is 113 cm³/mol. The number of fused-ring (bicyclic) bond motifs is 1. The van der Waals surface area contributed by atoms with E-state index in [0.717, 1.165) is 12.1 Å². The Morgan fingerprint density at radius 1 is 1.06 bits per heavy atom. The van der Waals surface area contributed by atoms with E-state index in [1.165, 1.54) is 36.5 Å². The molecule has 2 aromatic carbocycles. The highest BCUT2D eigenvalue weighted by Gasteiger charge is 2.25. The van der Waals surface area contributed by atoms with Crippen molar-refractivity contribution in [2.24, 2.45) is 0 Å². The van der Waals surface area contributed by atoms with E-state index >= 15 is 0 Å². The van der Waals surface area contributed by atoms with Crippen molar-refractivity contribution in [3.05, 3.63) is 89.2 Å². The molecule has 0 aliphatic heterocycles. The molecule has 0 radical (unpaired) electrons. The lowest BCUT2D eigenvalue weighted by Gasteiger charge is -2.11. The van der Waals surface area contributed by atoms with E-state index in [-0.39, 0.29) is 22.9 Å². The van der Waals surface area contributed by atoms with Gasteiger partial charge < -0.3 is 9.67 Å². The lowest BCUT2D eigenvalue weighted by Crippen LogP contribution is -2.11. The van der Waals surface area contributed by atoms with Crippen LogP contribution in [0.3, 0.4) is 0 Å². The molecule has 0 fully saturated rings. The van der Waals surface area contributed by atoms with E-state index in [1.54, 1.807) is 23.6 Å². The van der Waals surface area contributed by atoms with Gasteiger partial charge in [0.25, 0.3) is 0 Å². The van der Waals surface area contributed by atoms with Gasteiger partial charge in [-0.25, -0.2) is 22.2 Å². The topological polar surface area (TPSA) is 89.3 Å². The highest BCUT2D eigenvalue weighted by molar-refractivity contribution is 7.91. The second-order valence-electron chi connectivity index (χ2n) is 7.31. The van der Waals surface area contributed by atoms with Crippen LogP contribution < -0.4 is 0 Å². The van der Waals surface area contributed by atoms with E-state index in [9.17, 15) is 27.1 Å². The van der Waals surface area contributed by atoms with Crippen molar-refractivity contribution in [3.8, 4) is 0 Å². The number of hydrogen-bond acceptors (Lipinski definition) is 4. The van der Waals surface area contributed by atoms with Crippen molar-refractivity contribution < 1.29 is 27.1 Å². The first-order valence-electron chi connectivity index (χ1n) is 9.62. The number of carbonyl (C=O) groups is 1. The predicted octanol–water partition coefficient (Wildman–Crippen LogP) is 4.13. The fourth-order valence-corrected chi connectivity index (χ4v) is 5.21. The highest BCUT2D eigenvalue weighted by Crippen LogP contribution is 2.31. The Balaban J connectivity index is 1.86. The Labute approximate surface area is 182 Å². The van der Waals surface area contributed by atoms with E-state index in [4.69, 9.17) is 0 Å². The zero-order valence-corrected chi connectivity index (χ0v) is 17.7. The maximum Gasteiger partial charge on any atom is 0.323 e. The van der Waals surface area contributed by atoms with Gasteiger partial charge in [0, 0.05) is 29.2 Å². The van der Waals surface area contributed by atoms with Gasteiger partial charge in [-0.2, -0.15) is 0 Å². The normalized spacial score (nSPS) is 11.7. The molecule has 1 N–H and O–H groups in total. The molecular weight excluding hydrogens is 438 g/mol. The highest BCUT2D eigenvalue weighted by atomic mass is 32.2. The van der Waals surface area contributed by atoms with Crippen molar-refractivity contribution >= 4 is 26.7 Å². The first kappa shape index (κ1) is 21.6. The summed E-state index contributed by atoms with van der Waals surface area (Å²) in [5.74, 6) is -2.10. The van der Waals surface area contributed by atoms with Crippen LogP contribution in [-0.4, -0.2) is 29.0 Å². The molecule has 0 bridgehead atoms. The molecule has 0 saturated carbocycles. The molecule has 0 amide bonds. The van der Waals surface area contributed by atoms with Crippen LogP contribution in [0.1, 0.15) is 16.8 Å². The Bertz CT molecular complexity index is 1450. The Morgan fingerprint density at radius 2 is 1.75 bits per heavy atom. The summed E-state index contributed by atoms with van der Waals surface area (Å²) in [5, 5.41) is 9.59. The lowest BCUT2D eigenvalue weighted by atomic mass is 10.0. The first-order valence-corrected chi connectivity index (χ1v) is 11.1. The molecule has 4 rings (SSSR count). The van der Waals surface area contributed by atoms with Gasteiger partial charge >= 0.3 is 5.97 Å². The number of halogens is 2. The number of nitrogens with zero attached hydrogens (tertiary/aromatic N) is 2. The zero-order valence-electron chi connectivity index (χ0n) is 16.9. The van der Waals surface area contributed by atoms with Crippen molar-refractivity contribution in [3.63, 3.8) is 0 Å². The quantitative estimate of drug-likeness (QED) is 0.441. The molecule has 4 aromatic rings. The third kappa shape index (κ3) is 3.87. The van der Waals surface area contributed by atoms with Crippen LogP contribution in [0, 0.1) is 18.6 Å². The van der Waals surface area contributed by atoms with Crippen LogP contribution in [0.4, 0.5) is 8.78 Å². The largest absolute Gasteiger partial charge is 0.480 e. The van der Waals surface area contributed by atoms with Crippen LogP contribution in [0.25, 0.3) is 10.9 Å². The summed E-state index contributed by atoms with van der Waals surface area (Å²) in [4.78, 5) is 15.3. The molecule has 0 aliphatic rings. The van der Waals surface area contributed by atoms with Gasteiger partial charge in [-0.05, 0) is 66.6 Å². The summed E-state index contributed by atoms with van der Waals surface area (Å²) in [5.41, 5.74) is 2.08. The van der Waals surface area contributed by atoms with Crippen molar-refractivity contribution in [2.75, 3.05) is 0 Å². The van der Waals surface area contributed by atoms with Gasteiger partial charge in [0.2, 0.25) is 9.84 Å². The maximum absolute atomic E-state index is 14.0. The lowest BCUT2D eigenvalue weighted by molar-refractivity contribution is -0.137. The summed E-state index contributed by atoms with van der Waals surface area (Å²) in [7, 11) is -4.05. The van der Waals surface area contributed by atoms with Gasteiger partial charge in [0.15, 0.2) is 5.03 Å². The minimum atomic E-state index is -4.05. The standard InChI is InChI=1S/C23H18F2N2O4S/c1-14-19(20-12-17(25)6-9-21(20)27(14)13-22(28)29)11-15-3-2-10-26-23(15)32(30,31)18-7-4-16(24)5-8-18/h2-10,12H,11,13H2,1H3,(H,28,29). The van der Waals surface area contributed by atoms with Gasteiger partial charge in [-0.3, -0.25) is 4.79 Å². The molecule has 164 valence electrons. The number of sulfone groups is 1. The van der Waals surface area contributed by atoms with E-state index < -0.39 is 27.4 Å². The third-order valence-corrected chi connectivity index (χ3v) is 7.07. The number of rotatable bonds is 6. The second-order valence-corrected chi connectivity index (χ2v) is 9.17. The number of carboxylic acids is 1. The average molecular weight is 456 g/mol. The maximum atomic E-state index is 14.0. The van der Waals surface area contributed by atoms with E-state index in [0.29, 0.717) is 27.7 Å². The molecule has 0 unspecified atom stereocenters. The Morgan fingerprint density at radius 3 is 2.44 bits per heavy atom. The summed E-state index contributed by atoms with van der Waals surface area (Å²) < 4.78 is 55.2. The Hall–Kier alpha value is -3.59. The van der Waals surface area contributed by atoms with Crippen LogP contribution in [0.2, 0.25) is 0 Å². The fraction of sp³-hybridized carbons (Fsp3) is 0.130. The fourth-order valence-electron chi connectivity index (χ4n) is 3.80. The van der Waals surface area contributed by atoms with Crippen molar-refractivity contribution in [1.82, 2.24) is 9.55 Å². The summed E-state index contributed by atoms with van der Waals surface area (Å²) in [6.45, 7) is 1.39. The molecular formula is C23H18F2N2O4S. The number of benzene rings is 2. The molecule has 0 atom stereocenters. The number of hydrogen-bond donors (Lipinski definition) is 1. The van der Waals surface area contributed by atoms with Gasteiger partial charge in [-0.15, -0.1) is 0 Å². The average Bonchev–Trinajstić information content (AvgIpc) is 2.99. The summed E-state index contributed by atoms with van der Waals surface area (Å²) in [6, 6.07) is 11.7. The van der Waals surface area contributed by atoms with Crippen LogP contribution in [-0.2, 0) is 27.6 Å². The molecule has 2 heterocycles. The van der Waals surface area contributed by atoms with Crippen LogP contribution in [0.15, 0.2) is 70.7 Å². The first-order chi connectivity index (χ1) is 15.2. The molecule has 2 aromatic heterocycles. The smallest absolute Gasteiger partial charge is 0.323 e. The van der Waals surface area contributed by atoms with Gasteiger partial charge in [-0.1, -0.05) is 6.07 Å². The Kier molecular flexibility index (Phi) is 5.52. The second kappa shape index (κ2) is 8.16. The van der Waals surface area contributed by atoms with Crippen LogP contribution >= 0.6 is 0 Å². The molecule has 0 aliphatic carbocycles. The molecule has 0 spiro atoms. The van der Waals surface area contributed by atoms with E-state index in [2.05, 4.69) is 4.98 Å². The van der Waals surface area contributed by atoms with E-state index in [1.807, 2.05) is 0 Å². The number of pyridine rings is 1. The molecule has 6 nitrogen and oxygen atoms in total. The SMILES string of the molecule is Cc1c(Cc2cccnc2S(=O)(=O)c2ccc(F)cc2)c2cc(F)ccc2n1CC(=O)O. The van der Waals surface area contributed by atoms with Gasteiger partial charge in [0.05, 0.1) is 4.90 Å². The number of aromatic nitrogens is 2. The van der Waals surface area contributed by atoms with Crippen molar-refractivity contribution in [2.45, 2.75) is 29.8 Å². The number of aliphatic carboxylic acids is 1. The zero-order chi connectivity index (χ0) is 23.0. The summed E-state index contributed by atoms with van der Waals surface area (Å²) in [6.07, 6.45) is 1.43. The minimum Gasteiger partial charge on any atom is -0.480 e. The number of carboxylic acid groups (broad SMARTS) is 1. The minimum absolute atomic E-state index is 0.0853. The monoisotopic (exact) mass is 456 g/mol. The van der Waals surface area contributed by atoms with Crippen LogP contribution in [0.5, 0.6) is 0 Å². The third-order valence-electron chi connectivity index (χ3n) is 5.31. The van der Waals surface area contributed by atoms with Gasteiger partial charge in [0.1, 0.15) is 18.2 Å². The molecule has 32 heavy (non-hydrogen) atoms. The van der Waals surface area contributed by atoms with Crippen molar-refractivity contribution in [1.29, 1.82) is 0 Å². The summed E-state index contributed by atoms with van der Waals surface area (Å²) >= 11 is 0. The molecule has 0 saturated heterocycles.